The van der Waals surface area contributed by atoms with Gasteiger partial charge in [-0.15, -0.1) is 0 Å². The summed E-state index contributed by atoms with van der Waals surface area (Å²) in [7, 11) is 0. The molecule has 5 fully saturated rings. The van der Waals surface area contributed by atoms with Crippen molar-refractivity contribution in [2.75, 3.05) is 26.4 Å². The highest BCUT2D eigenvalue weighted by Gasteiger charge is 2.70. The molecule has 59 heavy (non-hydrogen) atoms. The predicted molar refractivity (Wildman–Crippen MR) is 231 cm³/mol. The van der Waals surface area contributed by atoms with Crippen molar-refractivity contribution in [3.8, 4) is 0 Å². The first-order chi connectivity index (χ1) is 27.8. The Balaban J connectivity index is 1.08. The molecule has 0 aromatic heterocycles. The minimum absolute atomic E-state index is 0.0313. The summed E-state index contributed by atoms with van der Waals surface area (Å²) in [5, 5.41) is 14.2. The summed E-state index contributed by atoms with van der Waals surface area (Å²) in [4.78, 5) is 38.2. The molecule has 0 aromatic carbocycles. The van der Waals surface area contributed by atoms with Crippen molar-refractivity contribution in [3.05, 3.63) is 35.5 Å². The largest absolute Gasteiger partial charge is 0.481 e. The van der Waals surface area contributed by atoms with E-state index in [4.69, 9.17) is 9.47 Å². The molecule has 0 spiro atoms. The maximum atomic E-state index is 14.0. The van der Waals surface area contributed by atoms with E-state index in [1.54, 1.807) is 13.8 Å². The van der Waals surface area contributed by atoms with Crippen molar-refractivity contribution in [3.63, 3.8) is 0 Å². The van der Waals surface area contributed by atoms with Gasteiger partial charge in [-0.2, -0.15) is 0 Å². The molecule has 2 N–H and O–H groups in total. The van der Waals surface area contributed by atoms with Crippen LogP contribution in [0.3, 0.4) is 0 Å². The Morgan fingerprint density at radius 3 is 2.07 bits per heavy atom. The smallest absolute Gasteiger partial charge is 0.323 e. The summed E-state index contributed by atoms with van der Waals surface area (Å²) in [6.45, 7) is 24.1. The van der Waals surface area contributed by atoms with E-state index < -0.39 is 35.4 Å². The summed E-state index contributed by atoms with van der Waals surface area (Å²) in [6.07, 6.45) is 20.6. The number of fused-ring (bicyclic) bond motifs is 7. The number of carboxylic acid groups (broad SMARTS) is 1. The van der Waals surface area contributed by atoms with E-state index in [0.717, 1.165) is 32.2 Å². The van der Waals surface area contributed by atoms with Gasteiger partial charge in [0.15, 0.2) is 5.41 Å². The van der Waals surface area contributed by atoms with Crippen LogP contribution >= 0.6 is 0 Å². The average molecular weight is 820 g/mol. The third kappa shape index (κ3) is 6.84. The minimum Gasteiger partial charge on any atom is -0.481 e. The zero-order valence-corrected chi connectivity index (χ0v) is 38.0. The number of carbonyl (C=O) groups is 3. The van der Waals surface area contributed by atoms with E-state index in [1.807, 2.05) is 0 Å². The van der Waals surface area contributed by atoms with Crippen LogP contribution in [0.15, 0.2) is 35.5 Å². The number of esters is 2. The number of hydrogen-bond donors (Lipinski definition) is 2. The van der Waals surface area contributed by atoms with Gasteiger partial charge in [-0.3, -0.25) is 14.4 Å². The van der Waals surface area contributed by atoms with Gasteiger partial charge in [-0.1, -0.05) is 58.9 Å². The lowest BCUT2D eigenvalue weighted by Crippen LogP contribution is -2.68. The summed E-state index contributed by atoms with van der Waals surface area (Å²) in [5.74, 6) is 1.54. The van der Waals surface area contributed by atoms with Crippen LogP contribution in [-0.4, -0.2) is 55.0 Å². The van der Waals surface area contributed by atoms with Gasteiger partial charge in [-0.25, -0.2) is 4.39 Å². The van der Waals surface area contributed by atoms with Crippen molar-refractivity contribution in [1.82, 2.24) is 5.32 Å². The van der Waals surface area contributed by atoms with Crippen LogP contribution in [0, 0.1) is 68.0 Å². The van der Waals surface area contributed by atoms with E-state index in [2.05, 4.69) is 65.6 Å². The average Bonchev–Trinajstić information content (AvgIpc) is 3.58. The number of allylic oxidation sites excluding steroid dienone is 5. The van der Waals surface area contributed by atoms with Gasteiger partial charge >= 0.3 is 17.9 Å². The number of ether oxygens (including phenoxy) is 2. The molecule has 0 bridgehead atoms. The third-order valence-corrected chi connectivity index (χ3v) is 19.6. The van der Waals surface area contributed by atoms with E-state index in [1.165, 1.54) is 68.1 Å². The molecule has 0 saturated heterocycles. The fourth-order valence-corrected chi connectivity index (χ4v) is 16.1. The molecule has 5 saturated carbocycles. The third-order valence-electron chi connectivity index (χ3n) is 19.6. The van der Waals surface area contributed by atoms with Crippen molar-refractivity contribution < 1.29 is 33.4 Å². The van der Waals surface area contributed by atoms with Gasteiger partial charge in [0.1, 0.15) is 6.67 Å². The van der Waals surface area contributed by atoms with Gasteiger partial charge in [-0.05, 0) is 205 Å². The van der Waals surface area contributed by atoms with Crippen molar-refractivity contribution in [2.24, 2.45) is 68.0 Å². The van der Waals surface area contributed by atoms with Crippen molar-refractivity contribution >= 4 is 17.9 Å². The molecule has 330 valence electrons. The maximum Gasteiger partial charge on any atom is 0.323 e. The predicted octanol–water partition coefficient (Wildman–Crippen LogP) is 11.4. The zero-order valence-electron chi connectivity index (χ0n) is 38.0. The molecular weight excluding hydrogens is 742 g/mol. The Kier molecular flexibility index (Phi) is 12.1. The fraction of sp³-hybridized carbons (Fsp3) is 0.824. The number of carboxylic acids is 1. The second kappa shape index (κ2) is 16.0. The first kappa shape index (κ1) is 44.6. The number of halogens is 1. The molecule has 7 nitrogen and oxygen atoms in total. The fourth-order valence-electron chi connectivity index (χ4n) is 16.1. The molecule has 10 atom stereocenters. The quantitative estimate of drug-likeness (QED) is 0.115. The van der Waals surface area contributed by atoms with E-state index in [9.17, 15) is 23.9 Å². The van der Waals surface area contributed by atoms with Gasteiger partial charge in [0, 0.05) is 5.54 Å². The van der Waals surface area contributed by atoms with Gasteiger partial charge < -0.3 is 19.9 Å². The molecule has 8 heteroatoms. The summed E-state index contributed by atoms with van der Waals surface area (Å²) in [6, 6.07) is 0. The van der Waals surface area contributed by atoms with Crippen LogP contribution in [-0.2, 0) is 23.9 Å². The highest BCUT2D eigenvalue weighted by Crippen LogP contribution is 2.76. The number of alkyl halides is 1. The lowest BCUT2D eigenvalue weighted by atomic mass is 9.33. The van der Waals surface area contributed by atoms with E-state index >= 15 is 0 Å². The van der Waals surface area contributed by atoms with Crippen molar-refractivity contribution in [2.45, 2.75) is 170 Å². The van der Waals surface area contributed by atoms with Crippen LogP contribution in [0.2, 0.25) is 0 Å². The first-order valence-corrected chi connectivity index (χ1v) is 23.8. The van der Waals surface area contributed by atoms with Gasteiger partial charge in [0.2, 0.25) is 0 Å². The van der Waals surface area contributed by atoms with Crippen LogP contribution in [0.25, 0.3) is 0 Å². The number of rotatable bonds is 12. The molecule has 7 aliphatic carbocycles. The van der Waals surface area contributed by atoms with E-state index in [-0.39, 0.29) is 46.8 Å². The Hall–Kier alpha value is -2.48. The Bertz CT molecular complexity index is 1700. The second-order valence-corrected chi connectivity index (χ2v) is 22.2. The molecule has 0 unspecified atom stereocenters. The van der Waals surface area contributed by atoms with Crippen LogP contribution in [0.5, 0.6) is 0 Å². The summed E-state index contributed by atoms with van der Waals surface area (Å²) >= 11 is 0. The molecule has 0 amide bonds. The van der Waals surface area contributed by atoms with Gasteiger partial charge in [0.05, 0.1) is 18.6 Å². The molecule has 0 aliphatic heterocycles. The Labute approximate surface area is 355 Å². The summed E-state index contributed by atoms with van der Waals surface area (Å²) < 4.78 is 24.9. The maximum absolute atomic E-state index is 14.0. The van der Waals surface area contributed by atoms with Crippen LogP contribution < -0.4 is 5.32 Å². The number of aliphatic carboxylic acids is 1. The monoisotopic (exact) mass is 820 g/mol. The molecule has 0 aromatic rings. The van der Waals surface area contributed by atoms with Crippen molar-refractivity contribution in [1.29, 1.82) is 0 Å². The lowest BCUT2D eigenvalue weighted by molar-refractivity contribution is -0.221. The van der Waals surface area contributed by atoms with Crippen LogP contribution in [0.1, 0.15) is 165 Å². The Morgan fingerprint density at radius 2 is 1.49 bits per heavy atom. The number of carbonyl (C=O) groups excluding carboxylic acids is 2. The number of hydrogen-bond acceptors (Lipinski definition) is 6. The normalized spacial score (nSPS) is 41.2. The van der Waals surface area contributed by atoms with Gasteiger partial charge in [0.25, 0.3) is 0 Å². The standard InChI is InChI=1S/C51H78FNO6/c1-10-58-43(56)50(44(57)59-11-2)26-14-34(15-27-50)21-31-53-51-28-18-36(33(3)4)41(51)38-12-13-40-46(7)22-19-37(35-16-24-49(32-52,25-17-35)42(54)55)45(5,6)39(46)20-23-48(40,9)47(38,8)29-30-51/h16,19,34,36,38-41,53H,3,10-15,17-18,20-32H2,1-2,4-9H3,(H,54,55)/t36-,38+,39-,40+,41+,46-,47+,48+,49+,51-/m0/s1. The first-order valence-electron chi connectivity index (χ1n) is 23.8. The highest BCUT2D eigenvalue weighted by atomic mass is 19.1. The second-order valence-electron chi connectivity index (χ2n) is 22.2. The topological polar surface area (TPSA) is 102 Å². The highest BCUT2D eigenvalue weighted by molar-refractivity contribution is 6.00. The number of nitrogens with one attached hydrogen (secondary N) is 1. The lowest BCUT2D eigenvalue weighted by Gasteiger charge is -2.72. The molecule has 7 aliphatic rings. The molecular formula is C51H78FNO6. The van der Waals surface area contributed by atoms with Crippen LogP contribution in [0.4, 0.5) is 4.39 Å². The molecule has 0 radical (unpaired) electrons. The SMILES string of the molecule is C=C(C)[C@@H]1CC[C@]2(NCCC3CCC(C(=O)OCC)(C(=O)OCC)CC3)CC[C@]3(C)[C@H](CC[C@@H]4[C@@]5(C)CC=C(C6=CC[C@@](CF)(C(=O)O)CC6)C(C)(C)[C@@H]5CC[C@]43C)[C@@H]12. The zero-order chi connectivity index (χ0) is 42.8. The molecule has 7 rings (SSSR count). The summed E-state index contributed by atoms with van der Waals surface area (Å²) in [5.41, 5.74) is 2.32. The molecule has 0 heterocycles. The Morgan fingerprint density at radius 1 is 0.814 bits per heavy atom. The minimum atomic E-state index is -1.27. The van der Waals surface area contributed by atoms with E-state index in [0.29, 0.717) is 61.2 Å².